The molecule has 0 fully saturated rings. The molecule has 1 aromatic carbocycles. The summed E-state index contributed by atoms with van der Waals surface area (Å²) in [5.41, 5.74) is 7.61. The Morgan fingerprint density at radius 1 is 1.19 bits per heavy atom. The first-order chi connectivity index (χ1) is 10.2. The van der Waals surface area contributed by atoms with Crippen LogP contribution in [0.5, 0.6) is 5.75 Å². The number of methoxy groups -OCH3 is 1. The van der Waals surface area contributed by atoms with Gasteiger partial charge in [-0.25, -0.2) is 9.97 Å². The smallest absolute Gasteiger partial charge is 0.262 e. The topological polar surface area (TPSA) is 100.0 Å². The fourth-order valence-corrected chi connectivity index (χ4v) is 1.90. The molecule has 0 aliphatic heterocycles. The normalized spacial score (nSPS) is 10.6. The molecule has 0 aliphatic carbocycles. The number of benzene rings is 1. The molecule has 0 spiro atoms. The molecule has 2 N–H and O–H groups in total. The zero-order valence-electron chi connectivity index (χ0n) is 11.6. The van der Waals surface area contributed by atoms with Crippen molar-refractivity contribution in [3.63, 3.8) is 0 Å². The van der Waals surface area contributed by atoms with E-state index in [9.17, 15) is 0 Å². The van der Waals surface area contributed by atoms with Gasteiger partial charge in [-0.1, -0.05) is 5.16 Å². The Labute approximate surface area is 120 Å². The van der Waals surface area contributed by atoms with E-state index in [4.69, 9.17) is 15.0 Å². The van der Waals surface area contributed by atoms with Crippen LogP contribution in [0, 0.1) is 6.92 Å². The summed E-state index contributed by atoms with van der Waals surface area (Å²) in [5.74, 6) is 1.96. The number of anilines is 1. The van der Waals surface area contributed by atoms with Crippen LogP contribution in [-0.2, 0) is 0 Å². The largest absolute Gasteiger partial charge is 0.496 e. The van der Waals surface area contributed by atoms with Crippen LogP contribution in [0.2, 0.25) is 0 Å². The summed E-state index contributed by atoms with van der Waals surface area (Å²) in [4.78, 5) is 12.6. The van der Waals surface area contributed by atoms with E-state index in [0.29, 0.717) is 40.2 Å². The molecule has 3 aromatic rings. The Balaban J connectivity index is 2.02. The monoisotopic (exact) mass is 283 g/mol. The lowest BCUT2D eigenvalue weighted by atomic mass is 10.2. The standard InChI is InChI=1S/C14H13N5O2/c1-8-16-6-5-11(17-8)13-18-14(21-19-13)10-4-3-9(15)7-12(10)20-2/h3-7H,15H2,1-2H3. The van der Waals surface area contributed by atoms with Crippen LogP contribution in [0.1, 0.15) is 5.82 Å². The highest BCUT2D eigenvalue weighted by atomic mass is 16.5. The molecule has 7 heteroatoms. The highest BCUT2D eigenvalue weighted by Crippen LogP contribution is 2.31. The van der Waals surface area contributed by atoms with Crippen LogP contribution in [0.15, 0.2) is 35.0 Å². The summed E-state index contributed by atoms with van der Waals surface area (Å²) in [5, 5.41) is 3.94. The van der Waals surface area contributed by atoms with Crippen LogP contribution in [0.4, 0.5) is 5.69 Å². The maximum atomic E-state index is 5.73. The van der Waals surface area contributed by atoms with Crippen LogP contribution >= 0.6 is 0 Å². The van der Waals surface area contributed by atoms with Crippen molar-refractivity contribution in [2.24, 2.45) is 0 Å². The van der Waals surface area contributed by atoms with E-state index in [2.05, 4.69) is 20.1 Å². The number of ether oxygens (including phenoxy) is 1. The molecule has 7 nitrogen and oxygen atoms in total. The molecule has 21 heavy (non-hydrogen) atoms. The minimum Gasteiger partial charge on any atom is -0.496 e. The van der Waals surface area contributed by atoms with E-state index in [1.54, 1.807) is 44.5 Å². The second kappa shape index (κ2) is 5.20. The average molecular weight is 283 g/mol. The molecule has 0 unspecified atom stereocenters. The van der Waals surface area contributed by atoms with Crippen molar-refractivity contribution in [2.75, 3.05) is 12.8 Å². The van der Waals surface area contributed by atoms with Crippen LogP contribution < -0.4 is 10.5 Å². The van der Waals surface area contributed by atoms with Gasteiger partial charge in [-0.15, -0.1) is 0 Å². The summed E-state index contributed by atoms with van der Waals surface area (Å²) < 4.78 is 10.6. The number of hydrogen-bond acceptors (Lipinski definition) is 7. The Bertz CT molecular complexity index is 785. The number of aryl methyl sites for hydroxylation is 1. The van der Waals surface area contributed by atoms with Crippen molar-refractivity contribution in [3.05, 3.63) is 36.3 Å². The fraction of sp³-hybridized carbons (Fsp3) is 0.143. The van der Waals surface area contributed by atoms with Gasteiger partial charge in [-0.3, -0.25) is 0 Å². The molecule has 0 aliphatic rings. The van der Waals surface area contributed by atoms with Gasteiger partial charge >= 0.3 is 0 Å². The summed E-state index contributed by atoms with van der Waals surface area (Å²) >= 11 is 0. The Morgan fingerprint density at radius 3 is 2.81 bits per heavy atom. The molecular weight excluding hydrogens is 270 g/mol. The Kier molecular flexibility index (Phi) is 3.23. The predicted octanol–water partition coefficient (Wildman–Crippen LogP) is 2.09. The number of hydrogen-bond donors (Lipinski definition) is 1. The van der Waals surface area contributed by atoms with Gasteiger partial charge in [0.05, 0.1) is 12.7 Å². The number of nitrogens with zero attached hydrogens (tertiary/aromatic N) is 4. The molecule has 106 valence electrons. The van der Waals surface area contributed by atoms with Gasteiger partial charge in [0, 0.05) is 18.0 Å². The van der Waals surface area contributed by atoms with Gasteiger partial charge < -0.3 is 15.0 Å². The van der Waals surface area contributed by atoms with E-state index >= 15 is 0 Å². The maximum absolute atomic E-state index is 5.73. The van der Waals surface area contributed by atoms with Crippen molar-refractivity contribution in [1.29, 1.82) is 0 Å². The zero-order chi connectivity index (χ0) is 14.8. The van der Waals surface area contributed by atoms with E-state index in [0.717, 1.165) is 0 Å². The first-order valence-electron chi connectivity index (χ1n) is 6.25. The average Bonchev–Trinajstić information content (AvgIpc) is 2.96. The molecule has 0 saturated heterocycles. The summed E-state index contributed by atoms with van der Waals surface area (Å²) in [6.45, 7) is 1.80. The zero-order valence-corrected chi connectivity index (χ0v) is 11.6. The van der Waals surface area contributed by atoms with Gasteiger partial charge in [0.15, 0.2) is 0 Å². The third-order valence-corrected chi connectivity index (χ3v) is 2.89. The van der Waals surface area contributed by atoms with Crippen LogP contribution in [-0.4, -0.2) is 27.2 Å². The fourth-order valence-electron chi connectivity index (χ4n) is 1.90. The maximum Gasteiger partial charge on any atom is 0.262 e. The van der Waals surface area contributed by atoms with Gasteiger partial charge in [-0.05, 0) is 25.1 Å². The highest BCUT2D eigenvalue weighted by Gasteiger charge is 2.15. The second-order valence-electron chi connectivity index (χ2n) is 4.37. The second-order valence-corrected chi connectivity index (χ2v) is 4.37. The molecule has 0 bridgehead atoms. The Hall–Kier alpha value is -2.96. The van der Waals surface area contributed by atoms with Crippen LogP contribution in [0.3, 0.4) is 0 Å². The third-order valence-electron chi connectivity index (χ3n) is 2.89. The minimum atomic E-state index is 0.345. The molecular formula is C14H13N5O2. The number of nitrogens with two attached hydrogens (primary N) is 1. The van der Waals surface area contributed by atoms with E-state index in [1.807, 2.05) is 0 Å². The van der Waals surface area contributed by atoms with E-state index < -0.39 is 0 Å². The molecule has 0 radical (unpaired) electrons. The summed E-state index contributed by atoms with van der Waals surface area (Å²) in [6, 6.07) is 6.95. The van der Waals surface area contributed by atoms with E-state index in [1.165, 1.54) is 0 Å². The summed E-state index contributed by atoms with van der Waals surface area (Å²) in [7, 11) is 1.56. The van der Waals surface area contributed by atoms with Crippen molar-refractivity contribution in [1.82, 2.24) is 20.1 Å². The molecule has 0 saturated carbocycles. The molecule has 3 rings (SSSR count). The SMILES string of the molecule is COc1cc(N)ccc1-c1nc(-c2ccnc(C)n2)no1. The quantitative estimate of drug-likeness (QED) is 0.734. The first kappa shape index (κ1) is 13.0. The number of nitrogen functional groups attached to an aromatic ring is 1. The lowest BCUT2D eigenvalue weighted by Gasteiger charge is -2.05. The third kappa shape index (κ3) is 2.53. The molecule has 0 atom stereocenters. The molecule has 0 amide bonds. The van der Waals surface area contributed by atoms with Crippen LogP contribution in [0.25, 0.3) is 23.0 Å². The molecule has 2 heterocycles. The van der Waals surface area contributed by atoms with Crippen molar-refractivity contribution >= 4 is 5.69 Å². The predicted molar refractivity (Wildman–Crippen MR) is 76.5 cm³/mol. The van der Waals surface area contributed by atoms with Gasteiger partial charge in [-0.2, -0.15) is 4.98 Å². The van der Waals surface area contributed by atoms with Gasteiger partial charge in [0.25, 0.3) is 5.89 Å². The number of aromatic nitrogens is 4. The first-order valence-corrected chi connectivity index (χ1v) is 6.25. The van der Waals surface area contributed by atoms with E-state index in [-0.39, 0.29) is 0 Å². The van der Waals surface area contributed by atoms with Gasteiger partial charge in [0.2, 0.25) is 5.82 Å². The lowest BCUT2D eigenvalue weighted by molar-refractivity contribution is 0.405. The Morgan fingerprint density at radius 2 is 2.05 bits per heavy atom. The van der Waals surface area contributed by atoms with Crippen molar-refractivity contribution < 1.29 is 9.26 Å². The molecule has 2 aromatic heterocycles. The number of rotatable bonds is 3. The summed E-state index contributed by atoms with van der Waals surface area (Å²) in [6.07, 6.45) is 1.65. The van der Waals surface area contributed by atoms with Crippen molar-refractivity contribution in [2.45, 2.75) is 6.92 Å². The minimum absolute atomic E-state index is 0.345. The highest BCUT2D eigenvalue weighted by molar-refractivity contribution is 5.67. The van der Waals surface area contributed by atoms with Gasteiger partial charge in [0.1, 0.15) is 17.3 Å². The van der Waals surface area contributed by atoms with Crippen molar-refractivity contribution in [3.8, 4) is 28.7 Å². The lowest BCUT2D eigenvalue weighted by Crippen LogP contribution is -1.92.